The summed E-state index contributed by atoms with van der Waals surface area (Å²) in [4.78, 5) is 21.4. The molecule has 5 rings (SSSR count). The van der Waals surface area contributed by atoms with Crippen LogP contribution in [0.25, 0.3) is 5.69 Å². The topological polar surface area (TPSA) is 53.8 Å². The molecule has 0 aliphatic carbocycles. The van der Waals surface area contributed by atoms with Crippen LogP contribution in [0.4, 0.5) is 5.82 Å². The van der Waals surface area contributed by atoms with Crippen LogP contribution in [0.15, 0.2) is 91.0 Å². The van der Waals surface area contributed by atoms with E-state index >= 15 is 0 Å². The van der Waals surface area contributed by atoms with E-state index in [0.717, 1.165) is 66.5 Å². The average molecular weight is 552 g/mol. The first-order valence-corrected chi connectivity index (χ1v) is 14.5. The second-order valence-electron chi connectivity index (χ2n) is 10.8. The summed E-state index contributed by atoms with van der Waals surface area (Å²) in [5, 5.41) is 5.04. The zero-order chi connectivity index (χ0) is 28.6. The maximum Gasteiger partial charge on any atom is 0.234 e. The number of carbonyl (C=O) groups is 1. The van der Waals surface area contributed by atoms with Crippen molar-refractivity contribution in [2.24, 2.45) is 0 Å². The molecule has 214 valence electrons. The highest BCUT2D eigenvalue weighted by atomic mass is 16.5. The van der Waals surface area contributed by atoms with E-state index in [4.69, 9.17) is 9.84 Å². The molecule has 0 atom stereocenters. The number of hydrogen-bond donors (Lipinski definition) is 0. The number of aryl methyl sites for hydroxylation is 1. The van der Waals surface area contributed by atoms with Crippen LogP contribution in [-0.2, 0) is 16.1 Å². The minimum absolute atomic E-state index is 0.0923. The van der Waals surface area contributed by atoms with Gasteiger partial charge in [-0.1, -0.05) is 78.9 Å². The highest BCUT2D eigenvalue weighted by molar-refractivity contribution is 5.87. The van der Waals surface area contributed by atoms with E-state index in [1.54, 1.807) is 7.11 Å². The van der Waals surface area contributed by atoms with Crippen molar-refractivity contribution >= 4 is 11.7 Å². The Hall–Kier alpha value is -3.94. The molecule has 0 unspecified atom stereocenters. The molecule has 1 aromatic heterocycles. The summed E-state index contributed by atoms with van der Waals surface area (Å²) < 4.78 is 7.47. The molecular weight excluding hydrogens is 510 g/mol. The lowest BCUT2D eigenvalue weighted by atomic mass is 9.89. The average Bonchev–Trinajstić information content (AvgIpc) is 3.34. The number of benzene rings is 3. The van der Waals surface area contributed by atoms with E-state index < -0.39 is 5.92 Å². The van der Waals surface area contributed by atoms with Crippen LogP contribution in [-0.4, -0.2) is 79.0 Å². The number of carbonyl (C=O) groups excluding carboxylic acids is 1. The second kappa shape index (κ2) is 13.6. The number of hydrogen-bond acceptors (Lipinski definition) is 5. The summed E-state index contributed by atoms with van der Waals surface area (Å²) >= 11 is 0. The van der Waals surface area contributed by atoms with Gasteiger partial charge in [0.2, 0.25) is 5.91 Å². The van der Waals surface area contributed by atoms with Crippen molar-refractivity contribution in [3.8, 4) is 5.69 Å². The maximum absolute atomic E-state index is 14.6. The van der Waals surface area contributed by atoms with E-state index in [1.807, 2.05) is 59.5 Å². The van der Waals surface area contributed by atoms with E-state index in [1.165, 1.54) is 0 Å². The molecule has 1 amide bonds. The molecule has 0 N–H and O–H groups in total. The Morgan fingerprint density at radius 3 is 2.00 bits per heavy atom. The Morgan fingerprint density at radius 2 is 1.44 bits per heavy atom. The minimum Gasteiger partial charge on any atom is -0.385 e. The first-order valence-electron chi connectivity index (χ1n) is 14.5. The van der Waals surface area contributed by atoms with Gasteiger partial charge in [-0.2, -0.15) is 5.10 Å². The number of amides is 1. The third kappa shape index (κ3) is 6.69. The first-order chi connectivity index (χ1) is 20.1. The predicted octanol–water partition coefficient (Wildman–Crippen LogP) is 5.13. The lowest BCUT2D eigenvalue weighted by Crippen LogP contribution is -2.46. The van der Waals surface area contributed by atoms with Gasteiger partial charge in [0.15, 0.2) is 0 Å². The van der Waals surface area contributed by atoms with Gasteiger partial charge in [-0.25, -0.2) is 4.68 Å². The molecular formula is C34H41N5O2. The minimum atomic E-state index is -0.392. The fraction of sp³-hybridized carbons (Fsp3) is 0.353. The number of rotatable bonds is 11. The molecule has 7 nitrogen and oxygen atoms in total. The Labute approximate surface area is 244 Å². The molecule has 1 aliphatic heterocycles. The first kappa shape index (κ1) is 28.6. The van der Waals surface area contributed by atoms with Gasteiger partial charge in [0, 0.05) is 52.0 Å². The summed E-state index contributed by atoms with van der Waals surface area (Å²) in [5.74, 6) is 0.786. The van der Waals surface area contributed by atoms with Crippen molar-refractivity contribution in [2.75, 3.05) is 58.4 Å². The van der Waals surface area contributed by atoms with Crippen LogP contribution in [0, 0.1) is 6.92 Å². The van der Waals surface area contributed by atoms with Gasteiger partial charge in [-0.05, 0) is 43.7 Å². The number of para-hydroxylation sites is 1. The summed E-state index contributed by atoms with van der Waals surface area (Å²) in [7, 11) is 3.88. The lowest BCUT2D eigenvalue weighted by molar-refractivity contribution is -0.132. The molecule has 3 aromatic carbocycles. The van der Waals surface area contributed by atoms with Crippen molar-refractivity contribution < 1.29 is 9.53 Å². The van der Waals surface area contributed by atoms with Crippen LogP contribution in [0.2, 0.25) is 0 Å². The fourth-order valence-corrected chi connectivity index (χ4v) is 5.63. The van der Waals surface area contributed by atoms with Gasteiger partial charge in [-0.3, -0.25) is 4.79 Å². The Morgan fingerprint density at radius 1 is 0.878 bits per heavy atom. The number of likely N-dealkylation sites (N-methyl/N-ethyl adjacent to an activating group) is 1. The lowest BCUT2D eigenvalue weighted by Gasteiger charge is -2.35. The molecule has 2 heterocycles. The summed E-state index contributed by atoms with van der Waals surface area (Å²) in [6.45, 7) is 7.54. The van der Waals surface area contributed by atoms with Crippen molar-refractivity contribution in [2.45, 2.75) is 25.8 Å². The van der Waals surface area contributed by atoms with Crippen LogP contribution < -0.4 is 4.90 Å². The normalized spacial score (nSPS) is 14.0. The predicted molar refractivity (Wildman–Crippen MR) is 165 cm³/mol. The number of piperazine rings is 1. The molecule has 1 aliphatic rings. The number of ether oxygens (including phenoxy) is 1. The number of anilines is 1. The summed E-state index contributed by atoms with van der Waals surface area (Å²) in [6.07, 6.45) is 0.758. The summed E-state index contributed by atoms with van der Waals surface area (Å²) in [5.41, 5.74) is 5.07. The molecule has 1 saturated heterocycles. The zero-order valence-corrected chi connectivity index (χ0v) is 24.4. The van der Waals surface area contributed by atoms with Crippen molar-refractivity contribution in [3.05, 3.63) is 113 Å². The zero-order valence-electron chi connectivity index (χ0n) is 24.4. The van der Waals surface area contributed by atoms with Crippen LogP contribution in [0.1, 0.15) is 34.7 Å². The molecule has 41 heavy (non-hydrogen) atoms. The number of nitrogens with zero attached hydrogens (tertiary/aromatic N) is 5. The molecule has 0 radical (unpaired) electrons. The largest absolute Gasteiger partial charge is 0.385 e. The van der Waals surface area contributed by atoms with E-state index in [-0.39, 0.29) is 5.91 Å². The van der Waals surface area contributed by atoms with Gasteiger partial charge in [0.05, 0.1) is 23.8 Å². The van der Waals surface area contributed by atoms with Gasteiger partial charge < -0.3 is 19.4 Å². The number of aromatic nitrogens is 2. The van der Waals surface area contributed by atoms with Gasteiger partial charge in [0.1, 0.15) is 5.82 Å². The third-order valence-electron chi connectivity index (χ3n) is 7.91. The molecule has 0 spiro atoms. The highest BCUT2D eigenvalue weighted by Crippen LogP contribution is 2.32. The van der Waals surface area contributed by atoms with Crippen molar-refractivity contribution in [1.82, 2.24) is 19.6 Å². The third-order valence-corrected chi connectivity index (χ3v) is 7.91. The standard InChI is InChI=1S/C34H41N5O2/c1-27-31(33(37-23-21-36(2)22-24-37)39(35-27)30-18-11-6-12-19-30)26-38(20-13-25-41-3)34(40)32(28-14-7-4-8-15-28)29-16-9-5-10-17-29/h4-12,14-19,32H,13,20-26H2,1-3H3. The van der Waals surface area contributed by atoms with Gasteiger partial charge in [-0.15, -0.1) is 0 Å². The Balaban J connectivity index is 1.56. The summed E-state index contributed by atoms with van der Waals surface area (Å²) in [6, 6.07) is 30.5. The highest BCUT2D eigenvalue weighted by Gasteiger charge is 2.31. The van der Waals surface area contributed by atoms with Crippen molar-refractivity contribution in [3.63, 3.8) is 0 Å². The molecule has 0 saturated carbocycles. The Kier molecular flexibility index (Phi) is 9.49. The monoisotopic (exact) mass is 551 g/mol. The van der Waals surface area contributed by atoms with Gasteiger partial charge >= 0.3 is 0 Å². The SMILES string of the molecule is COCCCN(Cc1c(C)nn(-c2ccccc2)c1N1CCN(C)CC1)C(=O)C(c1ccccc1)c1ccccc1. The van der Waals surface area contributed by atoms with Gasteiger partial charge in [0.25, 0.3) is 0 Å². The molecule has 1 fully saturated rings. The second-order valence-corrected chi connectivity index (χ2v) is 10.8. The maximum atomic E-state index is 14.6. The van der Waals surface area contributed by atoms with E-state index in [2.05, 4.69) is 64.9 Å². The van der Waals surface area contributed by atoms with Crippen molar-refractivity contribution in [1.29, 1.82) is 0 Å². The van der Waals surface area contributed by atoms with Crippen LogP contribution in [0.3, 0.4) is 0 Å². The van der Waals surface area contributed by atoms with E-state index in [9.17, 15) is 4.79 Å². The smallest absolute Gasteiger partial charge is 0.234 e. The Bertz CT molecular complexity index is 1340. The fourth-order valence-electron chi connectivity index (χ4n) is 5.63. The molecule has 4 aromatic rings. The molecule has 0 bridgehead atoms. The molecule has 7 heteroatoms. The van der Waals surface area contributed by atoms with Crippen LogP contribution in [0.5, 0.6) is 0 Å². The quantitative estimate of drug-likeness (QED) is 0.242. The number of methoxy groups -OCH3 is 1. The van der Waals surface area contributed by atoms with Crippen LogP contribution >= 0.6 is 0 Å². The van der Waals surface area contributed by atoms with E-state index in [0.29, 0.717) is 19.7 Å².